The second-order valence-electron chi connectivity index (χ2n) is 9.97. The Hall–Kier alpha value is -2.97. The fourth-order valence-corrected chi connectivity index (χ4v) is 5.30. The minimum atomic E-state index is -3.44. The van der Waals surface area contributed by atoms with Gasteiger partial charge >= 0.3 is 0 Å². The molecule has 4 rings (SSSR count). The monoisotopic (exact) mass is 493 g/mol. The molecule has 1 heterocycles. The number of aromatic nitrogens is 3. The molecule has 0 aliphatic heterocycles. The zero-order chi connectivity index (χ0) is 25.2. The number of nitrogens with two attached hydrogens (primary N) is 1. The second kappa shape index (κ2) is 9.95. The van der Waals surface area contributed by atoms with Crippen LogP contribution in [0.25, 0.3) is 17.5 Å². The van der Waals surface area contributed by atoms with E-state index in [1.165, 1.54) is 17.0 Å². The van der Waals surface area contributed by atoms with E-state index >= 15 is 0 Å². The summed E-state index contributed by atoms with van der Waals surface area (Å²) in [7, 11) is -3.44. The number of nitrogens with one attached hydrogen (secondary N) is 1. The number of benzene rings is 2. The first-order chi connectivity index (χ1) is 16.6. The molecule has 1 aliphatic carbocycles. The third kappa shape index (κ3) is 6.18. The molecule has 0 bridgehead atoms. The van der Waals surface area contributed by atoms with E-state index in [0.29, 0.717) is 48.6 Å². The molecule has 8 heteroatoms. The summed E-state index contributed by atoms with van der Waals surface area (Å²) < 4.78 is 26.6. The van der Waals surface area contributed by atoms with Crippen molar-refractivity contribution in [1.82, 2.24) is 15.2 Å². The van der Waals surface area contributed by atoms with E-state index in [9.17, 15) is 8.42 Å². The first-order valence-electron chi connectivity index (χ1n) is 12.1. The van der Waals surface area contributed by atoms with Crippen LogP contribution in [0.5, 0.6) is 0 Å². The largest absolute Gasteiger partial charge is 0.319 e. The van der Waals surface area contributed by atoms with Gasteiger partial charge in [-0.2, -0.15) is 5.10 Å². The van der Waals surface area contributed by atoms with Gasteiger partial charge in [-0.3, -0.25) is 9.40 Å². The number of hydrogen-bond acceptors (Lipinski definition) is 5. The van der Waals surface area contributed by atoms with Crippen molar-refractivity contribution in [3.8, 4) is 11.4 Å². The maximum absolute atomic E-state index is 12.6. The lowest BCUT2D eigenvalue weighted by Gasteiger charge is -2.23. The molecule has 7 nitrogen and oxygen atoms in total. The Balaban J connectivity index is 1.70. The van der Waals surface area contributed by atoms with Gasteiger partial charge in [-0.25, -0.2) is 13.4 Å². The zero-order valence-corrected chi connectivity index (χ0v) is 21.7. The highest BCUT2D eigenvalue weighted by Crippen LogP contribution is 2.39. The molecule has 1 aliphatic rings. The first kappa shape index (κ1) is 25.1. The van der Waals surface area contributed by atoms with Crippen LogP contribution < -0.4 is 10.0 Å². The minimum absolute atomic E-state index is 0.405. The predicted molar refractivity (Wildman–Crippen MR) is 142 cm³/mol. The summed E-state index contributed by atoms with van der Waals surface area (Å²) >= 11 is 0. The summed E-state index contributed by atoms with van der Waals surface area (Å²) in [5.74, 6) is 2.35. The van der Waals surface area contributed by atoms with Crippen LogP contribution in [0.2, 0.25) is 0 Å². The van der Waals surface area contributed by atoms with E-state index in [4.69, 9.17) is 10.7 Å². The number of nitrogens with zero attached hydrogens (tertiary/aromatic N) is 3. The summed E-state index contributed by atoms with van der Waals surface area (Å²) in [6.07, 6.45) is 8.02. The fraction of sp³-hybridized carbons (Fsp3) is 0.407. The average molecular weight is 494 g/mol. The van der Waals surface area contributed by atoms with E-state index in [1.54, 1.807) is 0 Å². The molecule has 1 saturated carbocycles. The van der Waals surface area contributed by atoms with Gasteiger partial charge in [0.2, 0.25) is 10.0 Å². The number of sulfonamides is 1. The number of rotatable bonds is 10. The van der Waals surface area contributed by atoms with E-state index in [-0.39, 0.29) is 0 Å². The van der Waals surface area contributed by atoms with Gasteiger partial charge in [0.25, 0.3) is 0 Å². The summed E-state index contributed by atoms with van der Waals surface area (Å²) in [5, 5.41) is 7.47. The molecule has 0 amide bonds. The molecule has 3 aromatic rings. The van der Waals surface area contributed by atoms with Crippen molar-refractivity contribution in [2.75, 3.05) is 17.1 Å². The Morgan fingerprint density at radius 2 is 1.94 bits per heavy atom. The van der Waals surface area contributed by atoms with Crippen molar-refractivity contribution in [2.24, 2.45) is 17.6 Å². The Bertz CT molecular complexity index is 1300. The van der Waals surface area contributed by atoms with Gasteiger partial charge in [0.05, 0.1) is 17.5 Å². The standard InChI is InChI=1S/C27H35N5O2S/c1-5-13-32(35(4,33)34)24-16-21(11-12-22-14-19(22)2)15-23(17-24)25-29-26(31-30-25)27(3,28)18-20-9-7-6-8-10-20/h6-12,15-17,19,22H,5,13-14,18,28H2,1-4H3,(H,29,30,31)/t19?,22?,27-/m1/s1. The second-order valence-corrected chi connectivity index (χ2v) is 11.9. The number of hydrogen-bond donors (Lipinski definition) is 2. The highest BCUT2D eigenvalue weighted by molar-refractivity contribution is 7.92. The van der Waals surface area contributed by atoms with Crippen LogP contribution in [-0.4, -0.2) is 36.4 Å². The molecule has 2 unspecified atom stereocenters. The van der Waals surface area contributed by atoms with Crippen LogP contribution in [0.3, 0.4) is 0 Å². The third-order valence-corrected chi connectivity index (χ3v) is 7.66. The normalized spacial score (nSPS) is 19.6. The van der Waals surface area contributed by atoms with Crippen LogP contribution in [0, 0.1) is 11.8 Å². The van der Waals surface area contributed by atoms with Crippen molar-refractivity contribution < 1.29 is 8.42 Å². The van der Waals surface area contributed by atoms with Crippen molar-refractivity contribution in [3.63, 3.8) is 0 Å². The van der Waals surface area contributed by atoms with E-state index < -0.39 is 15.6 Å². The number of aromatic amines is 1. The summed E-state index contributed by atoms with van der Waals surface area (Å²) in [6.45, 7) is 6.53. The molecule has 0 radical (unpaired) electrons. The average Bonchev–Trinajstić information content (AvgIpc) is 3.28. The molecule has 186 valence electrons. The predicted octanol–water partition coefficient (Wildman–Crippen LogP) is 4.73. The molecule has 2 aromatic carbocycles. The Morgan fingerprint density at radius 1 is 1.23 bits per heavy atom. The highest BCUT2D eigenvalue weighted by atomic mass is 32.2. The third-order valence-electron chi connectivity index (χ3n) is 6.46. The smallest absolute Gasteiger partial charge is 0.232 e. The molecule has 1 aromatic heterocycles. The summed E-state index contributed by atoms with van der Waals surface area (Å²) in [5.41, 5.74) is 9.29. The zero-order valence-electron chi connectivity index (χ0n) is 20.9. The minimum Gasteiger partial charge on any atom is -0.319 e. The van der Waals surface area contributed by atoms with Crippen LogP contribution in [-0.2, 0) is 22.0 Å². The summed E-state index contributed by atoms with van der Waals surface area (Å²) in [4.78, 5) is 4.73. The van der Waals surface area contributed by atoms with Crippen molar-refractivity contribution in [1.29, 1.82) is 0 Å². The number of allylic oxidation sites excluding steroid dienone is 1. The Morgan fingerprint density at radius 3 is 2.57 bits per heavy atom. The molecule has 1 fully saturated rings. The van der Waals surface area contributed by atoms with Gasteiger partial charge in [0.15, 0.2) is 5.82 Å². The topological polar surface area (TPSA) is 105 Å². The lowest BCUT2D eigenvalue weighted by Crippen LogP contribution is -2.36. The molecular formula is C27H35N5O2S. The van der Waals surface area contributed by atoms with Crippen molar-refractivity contribution in [3.05, 3.63) is 71.6 Å². The van der Waals surface area contributed by atoms with Crippen LogP contribution in [0.15, 0.2) is 54.6 Å². The van der Waals surface area contributed by atoms with Gasteiger partial charge in [-0.1, -0.05) is 56.3 Å². The molecule has 0 spiro atoms. The quantitative estimate of drug-likeness (QED) is 0.425. The van der Waals surface area contributed by atoms with Gasteiger partial charge < -0.3 is 5.73 Å². The highest BCUT2D eigenvalue weighted by Gasteiger charge is 2.30. The lowest BCUT2D eigenvalue weighted by atomic mass is 9.93. The van der Waals surface area contributed by atoms with Gasteiger partial charge in [-0.15, -0.1) is 0 Å². The van der Waals surface area contributed by atoms with Gasteiger partial charge in [0.1, 0.15) is 5.82 Å². The van der Waals surface area contributed by atoms with E-state index in [2.05, 4.69) is 29.3 Å². The van der Waals surface area contributed by atoms with Gasteiger partial charge in [0, 0.05) is 12.1 Å². The molecular weight excluding hydrogens is 458 g/mol. The molecule has 3 atom stereocenters. The van der Waals surface area contributed by atoms with Crippen molar-refractivity contribution >= 4 is 21.8 Å². The molecule has 0 saturated heterocycles. The van der Waals surface area contributed by atoms with Crippen LogP contribution in [0.4, 0.5) is 5.69 Å². The SMILES string of the molecule is CCCN(c1cc(C=CC2CC2C)cc(-c2n[nH]c([C@](C)(N)Cc3ccccc3)n2)c1)S(C)(=O)=O. The number of anilines is 1. The maximum atomic E-state index is 12.6. The number of H-pyrrole nitrogens is 1. The Labute approximate surface area is 208 Å². The summed E-state index contributed by atoms with van der Waals surface area (Å²) in [6, 6.07) is 15.8. The van der Waals surface area contributed by atoms with Crippen LogP contribution in [0.1, 0.15) is 50.6 Å². The van der Waals surface area contributed by atoms with Crippen molar-refractivity contribution in [2.45, 2.75) is 45.6 Å². The molecule has 3 N–H and O–H groups in total. The first-order valence-corrected chi connectivity index (χ1v) is 14.0. The molecule has 35 heavy (non-hydrogen) atoms. The van der Waals surface area contributed by atoms with Crippen LogP contribution >= 0.6 is 0 Å². The van der Waals surface area contributed by atoms with E-state index in [0.717, 1.165) is 16.7 Å². The van der Waals surface area contributed by atoms with E-state index in [1.807, 2.05) is 62.4 Å². The van der Waals surface area contributed by atoms with Gasteiger partial charge in [-0.05, 0) is 67.3 Å². The maximum Gasteiger partial charge on any atom is 0.232 e. The Kier molecular flexibility index (Phi) is 7.15. The lowest BCUT2D eigenvalue weighted by molar-refractivity contribution is 0.460. The fourth-order valence-electron chi connectivity index (χ4n) is 4.30.